The van der Waals surface area contributed by atoms with E-state index < -0.39 is 15.1 Å². The molecular weight excluding hydrogens is 446 g/mol. The van der Waals surface area contributed by atoms with Gasteiger partial charge < -0.3 is 15.5 Å². The fraction of sp³-hybridized carbons (Fsp3) is 0.478. The molecule has 2 N–H and O–H groups in total. The molecular formula is C23H29N3O4S2. The van der Waals surface area contributed by atoms with Crippen molar-refractivity contribution in [2.45, 2.75) is 43.5 Å². The average molecular weight is 476 g/mol. The van der Waals surface area contributed by atoms with Gasteiger partial charge in [0.15, 0.2) is 0 Å². The Morgan fingerprint density at radius 1 is 1.06 bits per heavy atom. The van der Waals surface area contributed by atoms with Crippen LogP contribution in [0.1, 0.15) is 36.1 Å². The quantitative estimate of drug-likeness (QED) is 0.663. The second-order valence-corrected chi connectivity index (χ2v) is 11.7. The number of carbonyl (C=O) groups excluding carboxylic acids is 2. The maximum Gasteiger partial charge on any atom is 0.338 e. The van der Waals surface area contributed by atoms with Crippen molar-refractivity contribution >= 4 is 32.3 Å². The normalized spacial score (nSPS) is 19.0. The Morgan fingerprint density at radius 3 is 2.38 bits per heavy atom. The molecule has 2 aliphatic heterocycles. The average Bonchev–Trinajstić information content (AvgIpc) is 3.40. The summed E-state index contributed by atoms with van der Waals surface area (Å²) in [7, 11) is -4.12. The molecule has 2 aliphatic rings. The third kappa shape index (κ3) is 4.74. The molecule has 2 saturated heterocycles. The van der Waals surface area contributed by atoms with Crippen molar-refractivity contribution in [3.05, 3.63) is 52.2 Å². The molecule has 4 rings (SSSR count). The van der Waals surface area contributed by atoms with Crippen molar-refractivity contribution in [2.75, 3.05) is 26.2 Å². The summed E-state index contributed by atoms with van der Waals surface area (Å²) in [5, 5.41) is 0.759. The number of likely N-dealkylation sites (tertiary alicyclic amines) is 2. The van der Waals surface area contributed by atoms with E-state index in [9.17, 15) is 18.0 Å². The Balaban J connectivity index is 1.29. The van der Waals surface area contributed by atoms with Crippen LogP contribution in [0.25, 0.3) is 0 Å². The standard InChI is InChI=1S/C23H29N3O4S2/c24-22(28)32(29,30)20-7-5-18(6-8-20)17-26-15-11-23(21(26)27)9-13-25(14-10-23)12-1-3-19-4-2-16-31-19/h2,4-8,16H,1,3,9-15,17H2,(H2,24,28). The summed E-state index contributed by atoms with van der Waals surface area (Å²) in [6, 6.07) is 10.3. The Morgan fingerprint density at radius 2 is 1.75 bits per heavy atom. The SMILES string of the molecule is NC(=O)S(=O)(=O)c1ccc(CN2CCC3(CCN(CCCc4cccs4)CC3)C2=O)cc1. The van der Waals surface area contributed by atoms with Gasteiger partial charge in [0.05, 0.1) is 10.3 Å². The number of benzene rings is 1. The number of primary amides is 1. The molecule has 0 radical (unpaired) electrons. The summed E-state index contributed by atoms with van der Waals surface area (Å²) in [5.74, 6) is 0.213. The van der Waals surface area contributed by atoms with Gasteiger partial charge in [-0.1, -0.05) is 18.2 Å². The number of nitrogens with zero attached hydrogens (tertiary/aromatic N) is 2. The van der Waals surface area contributed by atoms with Gasteiger partial charge in [0.25, 0.3) is 9.84 Å². The highest BCUT2D eigenvalue weighted by molar-refractivity contribution is 8.06. The van der Waals surface area contributed by atoms with Crippen molar-refractivity contribution in [3.8, 4) is 0 Å². The molecule has 2 fully saturated rings. The summed E-state index contributed by atoms with van der Waals surface area (Å²) in [6.45, 7) is 4.17. The van der Waals surface area contributed by atoms with Crippen molar-refractivity contribution in [1.82, 2.24) is 9.80 Å². The Kier molecular flexibility index (Phi) is 6.69. The number of sulfone groups is 1. The predicted octanol–water partition coefficient (Wildman–Crippen LogP) is 3.05. The van der Waals surface area contributed by atoms with Crippen LogP contribution >= 0.6 is 11.3 Å². The first-order valence-corrected chi connectivity index (χ1v) is 13.3. The van der Waals surface area contributed by atoms with E-state index in [-0.39, 0.29) is 16.2 Å². The van der Waals surface area contributed by atoms with Gasteiger partial charge in [-0.15, -0.1) is 11.3 Å². The van der Waals surface area contributed by atoms with Crippen LogP contribution in [0.15, 0.2) is 46.7 Å². The molecule has 0 bridgehead atoms. The maximum atomic E-state index is 13.2. The molecule has 1 spiro atoms. The number of carbonyl (C=O) groups is 2. The summed E-state index contributed by atoms with van der Waals surface area (Å²) in [6.07, 6.45) is 4.94. The number of hydrogen-bond acceptors (Lipinski definition) is 6. The van der Waals surface area contributed by atoms with Crippen LogP contribution < -0.4 is 5.73 Å². The second kappa shape index (κ2) is 9.33. The second-order valence-electron chi connectivity index (χ2n) is 8.75. The Bertz CT molecular complexity index is 1060. The molecule has 1 aromatic carbocycles. The van der Waals surface area contributed by atoms with E-state index in [0.29, 0.717) is 6.54 Å². The lowest BCUT2D eigenvalue weighted by atomic mass is 9.77. The van der Waals surface area contributed by atoms with Crippen LogP contribution in [-0.2, 0) is 27.6 Å². The van der Waals surface area contributed by atoms with Crippen LogP contribution in [0.2, 0.25) is 0 Å². The number of thiophene rings is 1. The van der Waals surface area contributed by atoms with E-state index in [2.05, 4.69) is 22.4 Å². The molecule has 7 nitrogen and oxygen atoms in total. The topological polar surface area (TPSA) is 101 Å². The molecule has 2 aromatic rings. The molecule has 1 aromatic heterocycles. The zero-order valence-electron chi connectivity index (χ0n) is 18.0. The maximum absolute atomic E-state index is 13.2. The molecule has 2 amide bonds. The number of hydrogen-bond donors (Lipinski definition) is 1. The summed E-state index contributed by atoms with van der Waals surface area (Å²) in [5.41, 5.74) is 5.53. The Hall–Kier alpha value is -2.23. The number of amides is 2. The minimum absolute atomic E-state index is 0.121. The fourth-order valence-electron chi connectivity index (χ4n) is 4.75. The number of nitrogens with two attached hydrogens (primary N) is 1. The van der Waals surface area contributed by atoms with E-state index in [4.69, 9.17) is 5.73 Å². The van der Waals surface area contributed by atoms with Crippen molar-refractivity contribution < 1.29 is 18.0 Å². The van der Waals surface area contributed by atoms with E-state index >= 15 is 0 Å². The van der Waals surface area contributed by atoms with Crippen LogP contribution in [0.3, 0.4) is 0 Å². The third-order valence-electron chi connectivity index (χ3n) is 6.76. The van der Waals surface area contributed by atoms with E-state index in [0.717, 1.165) is 63.8 Å². The molecule has 0 unspecified atom stereocenters. The van der Waals surface area contributed by atoms with Crippen LogP contribution in [0, 0.1) is 5.41 Å². The highest BCUT2D eigenvalue weighted by Gasteiger charge is 2.47. The van der Waals surface area contributed by atoms with Gasteiger partial charge in [-0.25, -0.2) is 8.42 Å². The van der Waals surface area contributed by atoms with E-state index in [1.54, 1.807) is 12.1 Å². The number of piperidine rings is 1. The van der Waals surface area contributed by atoms with Gasteiger partial charge in [-0.2, -0.15) is 0 Å². The van der Waals surface area contributed by atoms with Gasteiger partial charge >= 0.3 is 5.24 Å². The molecule has 0 atom stereocenters. The van der Waals surface area contributed by atoms with Crippen molar-refractivity contribution in [3.63, 3.8) is 0 Å². The lowest BCUT2D eigenvalue weighted by Gasteiger charge is -2.38. The van der Waals surface area contributed by atoms with Crippen molar-refractivity contribution in [2.24, 2.45) is 11.1 Å². The monoisotopic (exact) mass is 475 g/mol. The van der Waals surface area contributed by atoms with E-state index in [1.807, 2.05) is 16.2 Å². The lowest BCUT2D eigenvalue weighted by Crippen LogP contribution is -2.44. The van der Waals surface area contributed by atoms with Gasteiger partial charge in [0, 0.05) is 18.0 Å². The van der Waals surface area contributed by atoms with Crippen LogP contribution in [0.5, 0.6) is 0 Å². The lowest BCUT2D eigenvalue weighted by molar-refractivity contribution is -0.138. The summed E-state index contributed by atoms with van der Waals surface area (Å²) in [4.78, 5) is 30.0. The Labute approximate surface area is 193 Å². The largest absolute Gasteiger partial charge is 0.356 e. The molecule has 0 saturated carbocycles. The minimum Gasteiger partial charge on any atom is -0.356 e. The summed E-state index contributed by atoms with van der Waals surface area (Å²) < 4.78 is 23.7. The molecule has 3 heterocycles. The smallest absolute Gasteiger partial charge is 0.338 e. The number of rotatable bonds is 7. The molecule has 9 heteroatoms. The van der Waals surface area contributed by atoms with Crippen molar-refractivity contribution in [1.29, 1.82) is 0 Å². The van der Waals surface area contributed by atoms with Gasteiger partial charge in [0.1, 0.15) is 0 Å². The van der Waals surface area contributed by atoms with Gasteiger partial charge in [-0.05, 0) is 80.9 Å². The highest BCUT2D eigenvalue weighted by Crippen LogP contribution is 2.42. The van der Waals surface area contributed by atoms with Gasteiger partial charge in [-0.3, -0.25) is 9.59 Å². The van der Waals surface area contributed by atoms with Crippen LogP contribution in [0.4, 0.5) is 4.79 Å². The first-order valence-electron chi connectivity index (χ1n) is 11.0. The molecule has 32 heavy (non-hydrogen) atoms. The molecule has 0 aliphatic carbocycles. The zero-order valence-corrected chi connectivity index (χ0v) is 19.7. The highest BCUT2D eigenvalue weighted by atomic mass is 32.2. The van der Waals surface area contributed by atoms with Gasteiger partial charge in [0.2, 0.25) is 5.91 Å². The first kappa shape index (κ1) is 22.9. The van der Waals surface area contributed by atoms with Crippen LogP contribution in [-0.4, -0.2) is 55.5 Å². The number of aryl methyl sites for hydroxylation is 1. The molecule has 172 valence electrons. The van der Waals surface area contributed by atoms with E-state index in [1.165, 1.54) is 17.0 Å². The first-order chi connectivity index (χ1) is 15.3. The predicted molar refractivity (Wildman–Crippen MR) is 124 cm³/mol. The fourth-order valence-corrected chi connectivity index (χ4v) is 6.23. The zero-order chi connectivity index (χ0) is 22.8. The minimum atomic E-state index is -4.12. The summed E-state index contributed by atoms with van der Waals surface area (Å²) >= 11 is 1.81. The third-order valence-corrected chi connectivity index (χ3v) is 9.12.